The van der Waals surface area contributed by atoms with Crippen molar-refractivity contribution in [1.82, 2.24) is 10.4 Å². The highest BCUT2D eigenvalue weighted by molar-refractivity contribution is 6.32. The van der Waals surface area contributed by atoms with Crippen molar-refractivity contribution in [3.63, 3.8) is 0 Å². The molecule has 1 amide bonds. The van der Waals surface area contributed by atoms with E-state index in [1.54, 1.807) is 24.3 Å². The quantitative estimate of drug-likeness (QED) is 0.621. The zero-order valence-electron chi connectivity index (χ0n) is 11.8. The molecule has 1 aromatic heterocycles. The highest BCUT2D eigenvalue weighted by Gasteiger charge is 2.05. The molecule has 0 saturated carbocycles. The summed E-state index contributed by atoms with van der Waals surface area (Å²) in [5, 5.41) is 12.6. The number of ether oxygens (including phenoxy) is 1. The van der Waals surface area contributed by atoms with E-state index in [0.717, 1.165) is 0 Å². The number of aliphatic carboxylic acids is 1. The average Bonchev–Trinajstić information content (AvgIpc) is 2.54. The summed E-state index contributed by atoms with van der Waals surface area (Å²) >= 11 is 5.98. The number of halogens is 1. The number of hydrogen-bond acceptors (Lipinski definition) is 5. The summed E-state index contributed by atoms with van der Waals surface area (Å²) in [6.07, 6.45) is 4.43. The minimum absolute atomic E-state index is 0.246. The van der Waals surface area contributed by atoms with E-state index in [1.807, 2.05) is 0 Å². The van der Waals surface area contributed by atoms with Crippen molar-refractivity contribution in [2.45, 2.75) is 0 Å². The Balaban J connectivity index is 1.96. The Kier molecular flexibility index (Phi) is 5.65. The first-order valence-corrected chi connectivity index (χ1v) is 6.81. The van der Waals surface area contributed by atoms with Crippen molar-refractivity contribution in [3.05, 3.63) is 58.9 Å². The monoisotopic (exact) mass is 333 g/mol. The van der Waals surface area contributed by atoms with Gasteiger partial charge in [0.2, 0.25) is 0 Å². The number of carbonyl (C=O) groups excluding carboxylic acids is 1. The van der Waals surface area contributed by atoms with Gasteiger partial charge in [-0.15, -0.1) is 0 Å². The highest BCUT2D eigenvalue weighted by atomic mass is 35.5. The maximum atomic E-state index is 11.8. The molecule has 23 heavy (non-hydrogen) atoms. The van der Waals surface area contributed by atoms with Crippen LogP contribution in [0, 0.1) is 0 Å². The lowest BCUT2D eigenvalue weighted by atomic mass is 10.2. The lowest BCUT2D eigenvalue weighted by molar-refractivity contribution is -0.139. The molecular weight excluding hydrogens is 322 g/mol. The minimum atomic E-state index is -1.09. The molecule has 1 aromatic carbocycles. The lowest BCUT2D eigenvalue weighted by Crippen LogP contribution is -2.17. The summed E-state index contributed by atoms with van der Waals surface area (Å²) < 4.78 is 5.00. The van der Waals surface area contributed by atoms with Crippen LogP contribution in [0.1, 0.15) is 15.9 Å². The molecule has 2 N–H and O–H groups in total. The molecule has 0 radical (unpaired) electrons. The van der Waals surface area contributed by atoms with Crippen LogP contribution in [0.3, 0.4) is 0 Å². The molecular formula is C15H12ClN3O4. The van der Waals surface area contributed by atoms with Gasteiger partial charge in [-0.25, -0.2) is 10.2 Å². The number of nitrogens with zero attached hydrogens (tertiary/aromatic N) is 2. The van der Waals surface area contributed by atoms with Gasteiger partial charge < -0.3 is 9.84 Å². The number of pyridine rings is 1. The molecule has 0 aliphatic rings. The van der Waals surface area contributed by atoms with Gasteiger partial charge in [0.25, 0.3) is 5.91 Å². The number of carboxylic acid groups (broad SMARTS) is 1. The van der Waals surface area contributed by atoms with Crippen molar-refractivity contribution < 1.29 is 19.4 Å². The van der Waals surface area contributed by atoms with Gasteiger partial charge >= 0.3 is 5.97 Å². The first-order valence-electron chi connectivity index (χ1n) is 6.44. The summed E-state index contributed by atoms with van der Waals surface area (Å²) in [6, 6.07) is 7.83. The Bertz CT molecular complexity index is 735. The molecule has 0 aliphatic heterocycles. The second-order valence-electron chi connectivity index (χ2n) is 4.31. The first kappa shape index (κ1) is 16.4. The van der Waals surface area contributed by atoms with E-state index in [9.17, 15) is 9.59 Å². The van der Waals surface area contributed by atoms with Crippen LogP contribution >= 0.6 is 11.6 Å². The molecule has 0 spiro atoms. The Labute approximate surface area is 136 Å². The average molecular weight is 334 g/mol. The van der Waals surface area contributed by atoms with Crippen LogP contribution in [0.4, 0.5) is 0 Å². The van der Waals surface area contributed by atoms with Gasteiger partial charge in [0.05, 0.1) is 11.2 Å². The smallest absolute Gasteiger partial charge is 0.341 e. The second-order valence-corrected chi connectivity index (χ2v) is 4.71. The zero-order valence-corrected chi connectivity index (χ0v) is 12.5. The Morgan fingerprint density at radius 3 is 2.70 bits per heavy atom. The maximum Gasteiger partial charge on any atom is 0.341 e. The number of carboxylic acids is 1. The van der Waals surface area contributed by atoms with E-state index in [-0.39, 0.29) is 16.7 Å². The molecule has 118 valence electrons. The number of carbonyl (C=O) groups is 2. The van der Waals surface area contributed by atoms with E-state index >= 15 is 0 Å². The van der Waals surface area contributed by atoms with Gasteiger partial charge in [0.15, 0.2) is 6.61 Å². The van der Waals surface area contributed by atoms with E-state index < -0.39 is 12.6 Å². The third kappa shape index (κ3) is 5.08. The number of hydrazone groups is 1. The van der Waals surface area contributed by atoms with Crippen molar-refractivity contribution in [1.29, 1.82) is 0 Å². The standard InChI is InChI=1S/C15H12ClN3O4/c16-12-7-10(1-2-13(12)23-9-14(20)21)8-18-19-15(22)11-3-5-17-6-4-11/h1-8H,9H2,(H,19,22)(H,20,21)/b18-8-. The molecule has 1 heterocycles. The Morgan fingerprint density at radius 2 is 2.04 bits per heavy atom. The van der Waals surface area contributed by atoms with E-state index in [0.29, 0.717) is 11.1 Å². The predicted molar refractivity (Wildman–Crippen MR) is 83.9 cm³/mol. The number of amides is 1. The number of rotatable bonds is 6. The SMILES string of the molecule is O=C(O)COc1ccc(/C=N\NC(=O)c2ccncc2)cc1Cl. The molecule has 2 rings (SSSR count). The van der Waals surface area contributed by atoms with Gasteiger partial charge in [0, 0.05) is 18.0 Å². The van der Waals surface area contributed by atoms with Crippen LogP contribution in [0.15, 0.2) is 47.8 Å². The molecule has 7 nitrogen and oxygen atoms in total. The topological polar surface area (TPSA) is 101 Å². The lowest BCUT2D eigenvalue weighted by Gasteiger charge is -2.05. The summed E-state index contributed by atoms with van der Waals surface area (Å²) in [7, 11) is 0. The Hall–Kier alpha value is -2.93. The van der Waals surface area contributed by atoms with E-state index in [4.69, 9.17) is 21.4 Å². The van der Waals surface area contributed by atoms with Gasteiger partial charge in [-0.1, -0.05) is 11.6 Å². The third-order valence-electron chi connectivity index (χ3n) is 2.63. The number of aromatic nitrogens is 1. The fraction of sp³-hybridized carbons (Fsp3) is 0.0667. The zero-order chi connectivity index (χ0) is 16.7. The summed E-state index contributed by atoms with van der Waals surface area (Å²) in [5.41, 5.74) is 3.43. The molecule has 0 unspecified atom stereocenters. The molecule has 8 heteroatoms. The second kappa shape index (κ2) is 7.90. The van der Waals surface area contributed by atoms with Crippen LogP contribution in [-0.2, 0) is 4.79 Å². The summed E-state index contributed by atoms with van der Waals surface area (Å²) in [5.74, 6) is -1.20. The fourth-order valence-corrected chi connectivity index (χ4v) is 1.83. The number of nitrogens with one attached hydrogen (secondary N) is 1. The van der Waals surface area contributed by atoms with Crippen LogP contribution in [0.25, 0.3) is 0 Å². The highest BCUT2D eigenvalue weighted by Crippen LogP contribution is 2.24. The summed E-state index contributed by atoms with van der Waals surface area (Å²) in [4.78, 5) is 26.0. The van der Waals surface area contributed by atoms with Crippen LogP contribution in [0.5, 0.6) is 5.75 Å². The van der Waals surface area contributed by atoms with Gasteiger partial charge in [0.1, 0.15) is 5.75 Å². The van der Waals surface area contributed by atoms with E-state index in [1.165, 1.54) is 24.7 Å². The van der Waals surface area contributed by atoms with Crippen molar-refractivity contribution >= 4 is 29.7 Å². The number of hydrogen-bond donors (Lipinski definition) is 2. The van der Waals surface area contributed by atoms with Crippen LogP contribution < -0.4 is 10.2 Å². The minimum Gasteiger partial charge on any atom is -0.480 e. The number of benzene rings is 1. The molecule has 0 bridgehead atoms. The molecule has 0 atom stereocenters. The molecule has 0 aliphatic carbocycles. The van der Waals surface area contributed by atoms with Crippen molar-refractivity contribution in [2.24, 2.45) is 5.10 Å². The molecule has 0 fully saturated rings. The van der Waals surface area contributed by atoms with Crippen LogP contribution in [0.2, 0.25) is 5.02 Å². The van der Waals surface area contributed by atoms with Gasteiger partial charge in [-0.3, -0.25) is 9.78 Å². The third-order valence-corrected chi connectivity index (χ3v) is 2.92. The normalized spacial score (nSPS) is 10.5. The Morgan fingerprint density at radius 1 is 1.30 bits per heavy atom. The summed E-state index contributed by atoms with van der Waals surface area (Å²) in [6.45, 7) is -0.477. The van der Waals surface area contributed by atoms with E-state index in [2.05, 4.69) is 15.5 Å². The fourth-order valence-electron chi connectivity index (χ4n) is 1.59. The van der Waals surface area contributed by atoms with Gasteiger partial charge in [-0.2, -0.15) is 5.10 Å². The largest absolute Gasteiger partial charge is 0.480 e. The maximum absolute atomic E-state index is 11.8. The molecule has 2 aromatic rings. The predicted octanol–water partition coefficient (Wildman–Crippen LogP) is 1.96. The van der Waals surface area contributed by atoms with Gasteiger partial charge in [-0.05, 0) is 35.9 Å². The van der Waals surface area contributed by atoms with Crippen LogP contribution in [-0.4, -0.2) is 34.8 Å². The van der Waals surface area contributed by atoms with Crippen molar-refractivity contribution in [2.75, 3.05) is 6.61 Å². The van der Waals surface area contributed by atoms with Crippen molar-refractivity contribution in [3.8, 4) is 5.75 Å². The first-order chi connectivity index (χ1) is 11.1. The molecule has 0 saturated heterocycles.